The summed E-state index contributed by atoms with van der Waals surface area (Å²) in [4.78, 5) is 0. The average Bonchev–Trinajstić information content (AvgIpc) is 2.78. The molecule has 0 radical (unpaired) electrons. The van der Waals surface area contributed by atoms with Crippen LogP contribution in [0.15, 0.2) is 72.8 Å². The van der Waals surface area contributed by atoms with Crippen LogP contribution in [0.2, 0.25) is 0 Å². The van der Waals surface area contributed by atoms with E-state index in [1.54, 1.807) is 0 Å². The van der Waals surface area contributed by atoms with Crippen LogP contribution in [-0.4, -0.2) is 14.2 Å². The minimum atomic E-state index is -3.41. The molecule has 0 atom stereocenters. The third kappa shape index (κ3) is 4.71. The maximum atomic E-state index is 13.2. The molecular weight excluding hydrogens is 435 g/mol. The normalized spacial score (nSPS) is 11.8. The number of hydrogen-bond acceptors (Lipinski definition) is 3. The summed E-state index contributed by atoms with van der Waals surface area (Å²) in [5.74, 6) is 0. The Morgan fingerprint density at radius 2 is 1.50 bits per heavy atom. The van der Waals surface area contributed by atoms with Gasteiger partial charge in [-0.05, 0) is 33.9 Å². The Balaban J connectivity index is 2.06. The first-order chi connectivity index (χ1) is 13.6. The molecule has 0 aliphatic heterocycles. The zero-order valence-electron chi connectivity index (χ0n) is 15.8. The molecule has 144 valence electrons. The molecule has 3 rings (SSSR count). The van der Waals surface area contributed by atoms with Gasteiger partial charge in [0.1, 0.15) is 0 Å². The molecule has 0 heterocycles. The highest BCUT2D eigenvalue weighted by molar-refractivity contribution is 9.08. The lowest BCUT2D eigenvalue weighted by Gasteiger charge is -2.17. The lowest BCUT2D eigenvalue weighted by Crippen LogP contribution is -2.12. The molecule has 0 N–H and O–H groups in total. The number of halogens is 1. The topological polar surface area (TPSA) is 35.5 Å². The van der Waals surface area contributed by atoms with Gasteiger partial charge in [0.05, 0.1) is 5.30 Å². The SMILES string of the molecule is COP(=O)(OC)c1cc(-c2ccc(CBr)cc2)ccc1/C=C/c1ccccc1. The Morgan fingerprint density at radius 1 is 0.857 bits per heavy atom. The Morgan fingerprint density at radius 3 is 2.11 bits per heavy atom. The Hall–Kier alpha value is -1.97. The van der Waals surface area contributed by atoms with Crippen molar-refractivity contribution in [1.82, 2.24) is 0 Å². The van der Waals surface area contributed by atoms with Gasteiger partial charge in [0.15, 0.2) is 0 Å². The molecule has 0 saturated heterocycles. The first-order valence-corrected chi connectivity index (χ1v) is 11.5. The van der Waals surface area contributed by atoms with Gasteiger partial charge in [0, 0.05) is 19.5 Å². The van der Waals surface area contributed by atoms with E-state index in [9.17, 15) is 4.57 Å². The van der Waals surface area contributed by atoms with Crippen LogP contribution in [0.25, 0.3) is 23.3 Å². The van der Waals surface area contributed by atoms with E-state index in [1.807, 2.05) is 60.7 Å². The van der Waals surface area contributed by atoms with Crippen LogP contribution in [-0.2, 0) is 18.9 Å². The fourth-order valence-corrected chi connectivity index (χ4v) is 4.59. The number of benzene rings is 3. The van der Waals surface area contributed by atoms with Gasteiger partial charge in [-0.25, -0.2) is 0 Å². The van der Waals surface area contributed by atoms with Crippen LogP contribution in [0.1, 0.15) is 16.7 Å². The highest BCUT2D eigenvalue weighted by atomic mass is 79.9. The van der Waals surface area contributed by atoms with Gasteiger partial charge in [-0.15, -0.1) is 0 Å². The predicted octanol–water partition coefficient (Wildman–Crippen LogP) is 6.53. The molecule has 0 fully saturated rings. The number of alkyl halides is 1. The van der Waals surface area contributed by atoms with Crippen LogP contribution in [0.5, 0.6) is 0 Å². The molecule has 0 unspecified atom stereocenters. The standard InChI is InChI=1S/C23H22BrO3P/c1-26-28(25,27-2)23-16-22(20-11-9-19(17-24)10-12-20)15-14-21(23)13-8-18-6-4-3-5-7-18/h3-16H,17H2,1-2H3/b13-8+. The summed E-state index contributed by atoms with van der Waals surface area (Å²) in [5, 5.41) is 1.36. The maximum Gasteiger partial charge on any atom is 0.361 e. The van der Waals surface area contributed by atoms with Crippen LogP contribution < -0.4 is 5.30 Å². The van der Waals surface area contributed by atoms with Crippen molar-refractivity contribution in [1.29, 1.82) is 0 Å². The molecule has 3 aromatic rings. The van der Waals surface area contributed by atoms with Gasteiger partial charge in [-0.3, -0.25) is 4.57 Å². The van der Waals surface area contributed by atoms with Crippen molar-refractivity contribution in [3.63, 3.8) is 0 Å². The molecule has 0 amide bonds. The lowest BCUT2D eigenvalue weighted by atomic mass is 10.0. The fraction of sp³-hybridized carbons (Fsp3) is 0.130. The zero-order chi connectivity index (χ0) is 20.0. The summed E-state index contributed by atoms with van der Waals surface area (Å²) in [5.41, 5.74) is 5.07. The third-order valence-electron chi connectivity index (χ3n) is 4.50. The van der Waals surface area contributed by atoms with Crippen LogP contribution in [0.4, 0.5) is 0 Å². The number of hydrogen-bond donors (Lipinski definition) is 0. The van der Waals surface area contributed by atoms with E-state index >= 15 is 0 Å². The monoisotopic (exact) mass is 456 g/mol. The van der Waals surface area contributed by atoms with E-state index in [4.69, 9.17) is 9.05 Å². The molecule has 3 nitrogen and oxygen atoms in total. The Bertz CT molecular complexity index is 990. The zero-order valence-corrected chi connectivity index (χ0v) is 18.3. The average molecular weight is 457 g/mol. The highest BCUT2D eigenvalue weighted by Gasteiger charge is 2.27. The van der Waals surface area contributed by atoms with Gasteiger partial charge in [0.25, 0.3) is 0 Å². The Kier molecular flexibility index (Phi) is 7.03. The lowest BCUT2D eigenvalue weighted by molar-refractivity contribution is 0.287. The first kappa shape index (κ1) is 20.8. The van der Waals surface area contributed by atoms with Crippen molar-refractivity contribution in [2.24, 2.45) is 0 Å². The molecular formula is C23H22BrO3P. The van der Waals surface area contributed by atoms with Gasteiger partial charge in [-0.1, -0.05) is 94.8 Å². The van der Waals surface area contributed by atoms with E-state index in [0.29, 0.717) is 5.30 Å². The van der Waals surface area contributed by atoms with E-state index < -0.39 is 7.60 Å². The molecule has 0 aliphatic rings. The summed E-state index contributed by atoms with van der Waals surface area (Å²) < 4.78 is 23.8. The second-order valence-electron chi connectivity index (χ2n) is 6.21. The van der Waals surface area contributed by atoms with E-state index in [2.05, 4.69) is 40.2 Å². The third-order valence-corrected chi connectivity index (χ3v) is 7.09. The minimum Gasteiger partial charge on any atom is -0.309 e. The van der Waals surface area contributed by atoms with Gasteiger partial charge < -0.3 is 9.05 Å². The van der Waals surface area contributed by atoms with E-state index in [1.165, 1.54) is 19.8 Å². The van der Waals surface area contributed by atoms with Crippen LogP contribution in [0.3, 0.4) is 0 Å². The summed E-state index contributed by atoms with van der Waals surface area (Å²) >= 11 is 3.46. The molecule has 28 heavy (non-hydrogen) atoms. The van der Waals surface area contributed by atoms with Gasteiger partial charge >= 0.3 is 7.60 Å². The molecule has 5 heteroatoms. The highest BCUT2D eigenvalue weighted by Crippen LogP contribution is 2.47. The molecule has 0 bridgehead atoms. The van der Waals surface area contributed by atoms with E-state index in [0.717, 1.165) is 27.6 Å². The summed E-state index contributed by atoms with van der Waals surface area (Å²) in [6.45, 7) is 0. The molecule has 3 aromatic carbocycles. The van der Waals surface area contributed by atoms with E-state index in [-0.39, 0.29) is 0 Å². The predicted molar refractivity (Wildman–Crippen MR) is 121 cm³/mol. The molecule has 0 saturated carbocycles. The van der Waals surface area contributed by atoms with Crippen LogP contribution in [0, 0.1) is 0 Å². The quantitative estimate of drug-likeness (QED) is 0.230. The summed E-state index contributed by atoms with van der Waals surface area (Å²) in [6, 6.07) is 24.1. The van der Waals surface area contributed by atoms with Crippen molar-refractivity contribution in [3.05, 3.63) is 89.5 Å². The van der Waals surface area contributed by atoms with Crippen molar-refractivity contribution in [2.75, 3.05) is 14.2 Å². The second-order valence-corrected chi connectivity index (χ2v) is 8.98. The van der Waals surface area contributed by atoms with Crippen molar-refractivity contribution in [3.8, 4) is 11.1 Å². The molecule has 0 spiro atoms. The smallest absolute Gasteiger partial charge is 0.309 e. The summed E-state index contributed by atoms with van der Waals surface area (Å²) in [6.07, 6.45) is 3.92. The van der Waals surface area contributed by atoms with Crippen LogP contribution >= 0.6 is 23.5 Å². The van der Waals surface area contributed by atoms with Gasteiger partial charge in [-0.2, -0.15) is 0 Å². The largest absolute Gasteiger partial charge is 0.361 e. The van der Waals surface area contributed by atoms with Gasteiger partial charge in [0.2, 0.25) is 0 Å². The maximum absolute atomic E-state index is 13.2. The van der Waals surface area contributed by atoms with Crippen molar-refractivity contribution >= 4 is 41.0 Å². The first-order valence-electron chi connectivity index (χ1n) is 8.84. The second kappa shape index (κ2) is 9.49. The molecule has 0 aliphatic carbocycles. The summed E-state index contributed by atoms with van der Waals surface area (Å²) in [7, 11) is -0.596. The minimum absolute atomic E-state index is 0.548. The fourth-order valence-electron chi connectivity index (χ4n) is 2.91. The van der Waals surface area contributed by atoms with Crippen molar-refractivity contribution < 1.29 is 13.6 Å². The number of rotatable bonds is 7. The van der Waals surface area contributed by atoms with Crippen molar-refractivity contribution in [2.45, 2.75) is 5.33 Å². The Labute approximate surface area is 174 Å². The molecule has 0 aromatic heterocycles.